The van der Waals surface area contributed by atoms with E-state index in [2.05, 4.69) is 4.98 Å². The highest BCUT2D eigenvalue weighted by molar-refractivity contribution is 6.30. The molecular formula is C14H10N2O3. The summed E-state index contributed by atoms with van der Waals surface area (Å²) in [6.07, 6.45) is 1.51. The summed E-state index contributed by atoms with van der Waals surface area (Å²) in [6, 6.07) is 4.32. The maximum absolute atomic E-state index is 12.4. The number of carbonyl (C=O) groups is 2. The number of aryl methyl sites for hydroxylation is 1. The molecule has 0 fully saturated rings. The Morgan fingerprint density at radius 2 is 1.89 bits per heavy atom. The Morgan fingerprint density at radius 1 is 1.16 bits per heavy atom. The highest BCUT2D eigenvalue weighted by Gasteiger charge is 2.34. The van der Waals surface area contributed by atoms with Crippen molar-refractivity contribution in [2.24, 2.45) is 0 Å². The molecule has 0 amide bonds. The van der Waals surface area contributed by atoms with Crippen molar-refractivity contribution < 1.29 is 14.7 Å². The van der Waals surface area contributed by atoms with Crippen LogP contribution in [0.1, 0.15) is 37.5 Å². The Bertz CT molecular complexity index is 751. The zero-order valence-corrected chi connectivity index (χ0v) is 10.1. The fourth-order valence-corrected chi connectivity index (χ4v) is 2.26. The van der Waals surface area contributed by atoms with Crippen molar-refractivity contribution >= 4 is 17.3 Å². The second-order valence-corrected chi connectivity index (χ2v) is 4.49. The van der Waals surface area contributed by atoms with E-state index in [1.807, 2.05) is 0 Å². The molecule has 94 valence electrons. The summed E-state index contributed by atoms with van der Waals surface area (Å²) in [6.45, 7) is 1.78. The summed E-state index contributed by atoms with van der Waals surface area (Å²) in [7, 11) is 0. The molecule has 19 heavy (non-hydrogen) atoms. The van der Waals surface area contributed by atoms with Gasteiger partial charge in [-0.1, -0.05) is 0 Å². The Labute approximate surface area is 108 Å². The van der Waals surface area contributed by atoms with E-state index in [4.69, 9.17) is 5.73 Å². The van der Waals surface area contributed by atoms with Gasteiger partial charge in [0, 0.05) is 11.9 Å². The minimum absolute atomic E-state index is 0.0593. The quantitative estimate of drug-likeness (QED) is 0.468. The van der Waals surface area contributed by atoms with Crippen molar-refractivity contribution in [3.63, 3.8) is 0 Å². The van der Waals surface area contributed by atoms with Gasteiger partial charge < -0.3 is 10.8 Å². The van der Waals surface area contributed by atoms with Gasteiger partial charge in [0.25, 0.3) is 0 Å². The molecule has 1 aliphatic carbocycles. The Morgan fingerprint density at radius 3 is 2.63 bits per heavy atom. The topological polar surface area (TPSA) is 93.3 Å². The summed E-state index contributed by atoms with van der Waals surface area (Å²) in [5.74, 6) is -1.11. The SMILES string of the molecule is Cc1cnc2c(c1)C(=O)c1c(N)ccc(O)c1C2=O. The van der Waals surface area contributed by atoms with Crippen LogP contribution in [0.2, 0.25) is 0 Å². The number of nitrogens with zero attached hydrogens (tertiary/aromatic N) is 1. The van der Waals surface area contributed by atoms with E-state index >= 15 is 0 Å². The summed E-state index contributed by atoms with van der Waals surface area (Å²) >= 11 is 0. The van der Waals surface area contributed by atoms with Crippen molar-refractivity contribution in [3.05, 3.63) is 52.3 Å². The largest absolute Gasteiger partial charge is 0.507 e. The molecule has 3 rings (SSSR count). The van der Waals surface area contributed by atoms with Crippen molar-refractivity contribution in [3.8, 4) is 5.75 Å². The van der Waals surface area contributed by atoms with Gasteiger partial charge in [0.15, 0.2) is 5.78 Å². The molecule has 1 aromatic carbocycles. The molecular weight excluding hydrogens is 244 g/mol. The molecule has 0 saturated carbocycles. The number of phenolic OH excluding ortho intramolecular Hbond substituents is 1. The van der Waals surface area contributed by atoms with E-state index in [1.54, 1.807) is 13.0 Å². The lowest BCUT2D eigenvalue weighted by molar-refractivity contribution is 0.0973. The molecule has 1 heterocycles. The zero-order chi connectivity index (χ0) is 13.7. The molecule has 0 atom stereocenters. The van der Waals surface area contributed by atoms with Gasteiger partial charge in [-0.3, -0.25) is 14.6 Å². The van der Waals surface area contributed by atoms with E-state index < -0.39 is 5.78 Å². The Balaban J connectivity index is 2.39. The first-order valence-electron chi connectivity index (χ1n) is 5.68. The average Bonchev–Trinajstić information content (AvgIpc) is 2.38. The number of hydrogen-bond acceptors (Lipinski definition) is 5. The van der Waals surface area contributed by atoms with Gasteiger partial charge >= 0.3 is 0 Å². The van der Waals surface area contributed by atoms with Crippen molar-refractivity contribution in [2.75, 3.05) is 5.73 Å². The van der Waals surface area contributed by atoms with Gasteiger partial charge in [0.05, 0.1) is 16.7 Å². The summed E-state index contributed by atoms with van der Waals surface area (Å²) < 4.78 is 0. The van der Waals surface area contributed by atoms with Crippen molar-refractivity contribution in [1.82, 2.24) is 4.98 Å². The van der Waals surface area contributed by atoms with Crippen LogP contribution in [-0.2, 0) is 0 Å². The number of fused-ring (bicyclic) bond motifs is 2. The van der Waals surface area contributed by atoms with Gasteiger partial charge in [-0.25, -0.2) is 0 Å². The number of benzene rings is 1. The fourth-order valence-electron chi connectivity index (χ4n) is 2.26. The van der Waals surface area contributed by atoms with Crippen molar-refractivity contribution in [1.29, 1.82) is 0 Å². The third-order valence-corrected chi connectivity index (χ3v) is 3.15. The number of ketones is 2. The van der Waals surface area contributed by atoms with Gasteiger partial charge in [-0.2, -0.15) is 0 Å². The maximum Gasteiger partial charge on any atom is 0.216 e. The number of nitrogen functional groups attached to an aromatic ring is 1. The van der Waals surface area contributed by atoms with E-state index in [-0.39, 0.29) is 39.6 Å². The second-order valence-electron chi connectivity index (χ2n) is 4.49. The zero-order valence-electron chi connectivity index (χ0n) is 10.1. The number of aromatic hydroxyl groups is 1. The van der Waals surface area contributed by atoms with E-state index in [0.717, 1.165) is 5.56 Å². The van der Waals surface area contributed by atoms with Crippen LogP contribution in [0.4, 0.5) is 5.69 Å². The van der Waals surface area contributed by atoms with Gasteiger partial charge in [-0.15, -0.1) is 0 Å². The first kappa shape index (κ1) is 11.4. The number of phenols is 1. The summed E-state index contributed by atoms with van der Waals surface area (Å²) in [4.78, 5) is 28.7. The summed E-state index contributed by atoms with van der Waals surface area (Å²) in [5.41, 5.74) is 7.00. The van der Waals surface area contributed by atoms with E-state index in [0.29, 0.717) is 0 Å². The monoisotopic (exact) mass is 254 g/mol. The molecule has 3 N–H and O–H groups in total. The van der Waals surface area contributed by atoms with Crippen LogP contribution >= 0.6 is 0 Å². The standard InChI is InChI=1S/C14H10N2O3/c1-6-4-7-12(16-5-6)14(19)11-9(17)3-2-8(15)10(11)13(7)18/h2-5,17H,15H2,1H3. The predicted octanol–water partition coefficient (Wildman–Crippen LogP) is 1.45. The van der Waals surface area contributed by atoms with E-state index in [1.165, 1.54) is 18.3 Å². The van der Waals surface area contributed by atoms with E-state index in [9.17, 15) is 14.7 Å². The molecule has 0 radical (unpaired) electrons. The number of aromatic nitrogens is 1. The fraction of sp³-hybridized carbons (Fsp3) is 0.0714. The van der Waals surface area contributed by atoms with Crippen LogP contribution in [-0.4, -0.2) is 21.7 Å². The van der Waals surface area contributed by atoms with Crippen LogP contribution in [0.15, 0.2) is 24.4 Å². The van der Waals surface area contributed by atoms with Crippen LogP contribution < -0.4 is 5.73 Å². The number of carbonyl (C=O) groups excluding carboxylic acids is 2. The van der Waals surface area contributed by atoms with Gasteiger partial charge in [-0.05, 0) is 30.7 Å². The maximum atomic E-state index is 12.4. The Kier molecular flexibility index (Phi) is 2.19. The van der Waals surface area contributed by atoms with Crippen LogP contribution in [0.25, 0.3) is 0 Å². The lowest BCUT2D eigenvalue weighted by Gasteiger charge is -2.19. The van der Waals surface area contributed by atoms with Crippen LogP contribution in [0, 0.1) is 6.92 Å². The molecule has 0 aliphatic heterocycles. The molecule has 0 saturated heterocycles. The molecule has 0 spiro atoms. The number of hydrogen-bond donors (Lipinski definition) is 2. The van der Waals surface area contributed by atoms with Crippen LogP contribution in [0.5, 0.6) is 5.75 Å². The highest BCUT2D eigenvalue weighted by atomic mass is 16.3. The second kappa shape index (κ2) is 3.65. The lowest BCUT2D eigenvalue weighted by atomic mass is 9.85. The average molecular weight is 254 g/mol. The van der Waals surface area contributed by atoms with Crippen LogP contribution in [0.3, 0.4) is 0 Å². The molecule has 0 unspecified atom stereocenters. The molecule has 0 bridgehead atoms. The van der Waals surface area contributed by atoms with Gasteiger partial charge in [0.1, 0.15) is 11.4 Å². The smallest absolute Gasteiger partial charge is 0.216 e. The molecule has 5 heteroatoms. The number of anilines is 1. The minimum atomic E-state index is -0.477. The third-order valence-electron chi connectivity index (χ3n) is 3.15. The lowest BCUT2D eigenvalue weighted by Crippen LogP contribution is -2.23. The highest BCUT2D eigenvalue weighted by Crippen LogP contribution is 2.35. The molecule has 5 nitrogen and oxygen atoms in total. The number of rotatable bonds is 0. The summed E-state index contributed by atoms with van der Waals surface area (Å²) in [5, 5.41) is 9.79. The third kappa shape index (κ3) is 1.45. The van der Waals surface area contributed by atoms with Gasteiger partial charge in [0.2, 0.25) is 5.78 Å². The molecule has 2 aromatic rings. The molecule has 1 aliphatic rings. The normalized spacial score (nSPS) is 13.1. The van der Waals surface area contributed by atoms with Crippen molar-refractivity contribution in [2.45, 2.75) is 6.92 Å². The first-order valence-corrected chi connectivity index (χ1v) is 5.68. The molecule has 1 aromatic heterocycles. The Hall–Kier alpha value is -2.69. The number of nitrogens with two attached hydrogens (primary N) is 1. The predicted molar refractivity (Wildman–Crippen MR) is 68.4 cm³/mol. The minimum Gasteiger partial charge on any atom is -0.507 e. The number of pyridine rings is 1. The first-order chi connectivity index (χ1) is 9.00.